The summed E-state index contributed by atoms with van der Waals surface area (Å²) < 4.78 is 0. The van der Waals surface area contributed by atoms with Crippen LogP contribution in [0.15, 0.2) is 48.5 Å². The van der Waals surface area contributed by atoms with E-state index in [1.807, 2.05) is 18.2 Å². The van der Waals surface area contributed by atoms with E-state index in [9.17, 15) is 0 Å². The summed E-state index contributed by atoms with van der Waals surface area (Å²) in [5.41, 5.74) is 10.4. The van der Waals surface area contributed by atoms with Crippen LogP contribution in [0.5, 0.6) is 0 Å². The van der Waals surface area contributed by atoms with Crippen LogP contribution in [0.1, 0.15) is 24.4 Å². The lowest BCUT2D eigenvalue weighted by Gasteiger charge is -2.11. The zero-order valence-corrected chi connectivity index (χ0v) is 12.8. The van der Waals surface area contributed by atoms with E-state index in [0.29, 0.717) is 6.04 Å². The van der Waals surface area contributed by atoms with Gasteiger partial charge in [0.15, 0.2) is 0 Å². The van der Waals surface area contributed by atoms with E-state index in [1.54, 1.807) is 0 Å². The molecule has 1 fully saturated rings. The van der Waals surface area contributed by atoms with E-state index in [2.05, 4.69) is 35.6 Å². The maximum Gasteiger partial charge on any atom is 0.0320 e. The highest BCUT2D eigenvalue weighted by Gasteiger charge is 2.15. The topological polar surface area (TPSA) is 38.0 Å². The second kappa shape index (κ2) is 7.53. The lowest BCUT2D eigenvalue weighted by Crippen LogP contribution is -2.12. The Balaban J connectivity index is 0.000001000. The quantitative estimate of drug-likeness (QED) is 0.816. The fourth-order valence-corrected chi connectivity index (χ4v) is 2.60. The lowest BCUT2D eigenvalue weighted by molar-refractivity contribution is 0.648. The van der Waals surface area contributed by atoms with Gasteiger partial charge in [-0.2, -0.15) is 0 Å². The number of benzene rings is 2. The molecular formula is C16H20Cl2N2. The van der Waals surface area contributed by atoms with Gasteiger partial charge in [0.05, 0.1) is 0 Å². The van der Waals surface area contributed by atoms with Crippen molar-refractivity contribution in [2.45, 2.75) is 18.9 Å². The molecule has 2 aromatic carbocycles. The second-order valence-electron chi connectivity index (χ2n) is 4.90. The number of hydrogen-bond acceptors (Lipinski definition) is 2. The van der Waals surface area contributed by atoms with Crippen molar-refractivity contribution in [2.24, 2.45) is 0 Å². The van der Waals surface area contributed by atoms with Crippen LogP contribution in [0.4, 0.5) is 5.69 Å². The molecule has 1 aliphatic heterocycles. The van der Waals surface area contributed by atoms with Crippen molar-refractivity contribution in [1.82, 2.24) is 5.32 Å². The van der Waals surface area contributed by atoms with Gasteiger partial charge in [0, 0.05) is 11.7 Å². The van der Waals surface area contributed by atoms with Gasteiger partial charge in [-0.15, -0.1) is 24.8 Å². The van der Waals surface area contributed by atoms with Crippen molar-refractivity contribution in [2.75, 3.05) is 12.3 Å². The fourth-order valence-electron chi connectivity index (χ4n) is 2.60. The van der Waals surface area contributed by atoms with Gasteiger partial charge in [-0.05, 0) is 48.2 Å². The average Bonchev–Trinajstić information content (AvgIpc) is 2.93. The standard InChI is InChI=1S/C16H18N2.2ClH/c17-15-4-1-3-14(11-15)12-6-8-13(9-7-12)16-5-2-10-18-16;;/h1,3-4,6-9,11,16,18H,2,5,10,17H2;2*1H. The van der Waals surface area contributed by atoms with Crippen LogP contribution in [0.3, 0.4) is 0 Å². The number of rotatable bonds is 2. The Morgan fingerprint density at radius 1 is 0.950 bits per heavy atom. The van der Waals surface area contributed by atoms with Crippen molar-refractivity contribution in [3.63, 3.8) is 0 Å². The third-order valence-electron chi connectivity index (χ3n) is 3.59. The van der Waals surface area contributed by atoms with Crippen molar-refractivity contribution in [3.05, 3.63) is 54.1 Å². The molecule has 4 heteroatoms. The molecule has 1 atom stereocenters. The van der Waals surface area contributed by atoms with E-state index < -0.39 is 0 Å². The number of nitrogen functional groups attached to an aromatic ring is 1. The van der Waals surface area contributed by atoms with Crippen molar-refractivity contribution < 1.29 is 0 Å². The minimum Gasteiger partial charge on any atom is -0.399 e. The molecule has 108 valence electrons. The highest BCUT2D eigenvalue weighted by atomic mass is 35.5. The van der Waals surface area contributed by atoms with Gasteiger partial charge in [0.2, 0.25) is 0 Å². The first-order valence-electron chi connectivity index (χ1n) is 6.52. The highest BCUT2D eigenvalue weighted by Crippen LogP contribution is 2.26. The Bertz CT molecular complexity index is 534. The molecular weight excluding hydrogens is 291 g/mol. The Labute approximate surface area is 132 Å². The third kappa shape index (κ3) is 3.66. The van der Waals surface area contributed by atoms with Gasteiger partial charge >= 0.3 is 0 Å². The van der Waals surface area contributed by atoms with Crippen molar-refractivity contribution in [3.8, 4) is 11.1 Å². The molecule has 0 aromatic heterocycles. The summed E-state index contributed by atoms with van der Waals surface area (Å²) in [7, 11) is 0. The molecule has 1 saturated heterocycles. The summed E-state index contributed by atoms with van der Waals surface area (Å²) in [6.45, 7) is 1.14. The first-order chi connectivity index (χ1) is 8.83. The minimum absolute atomic E-state index is 0. The van der Waals surface area contributed by atoms with Crippen LogP contribution < -0.4 is 11.1 Å². The Morgan fingerprint density at radius 2 is 1.70 bits per heavy atom. The van der Waals surface area contributed by atoms with Crippen LogP contribution in [0.2, 0.25) is 0 Å². The Morgan fingerprint density at radius 3 is 2.30 bits per heavy atom. The normalized spacial score (nSPS) is 17.1. The molecule has 0 spiro atoms. The van der Waals surface area contributed by atoms with Gasteiger partial charge in [-0.1, -0.05) is 36.4 Å². The maximum atomic E-state index is 5.82. The smallest absolute Gasteiger partial charge is 0.0320 e. The molecule has 0 bridgehead atoms. The summed E-state index contributed by atoms with van der Waals surface area (Å²) in [5, 5.41) is 3.52. The lowest BCUT2D eigenvalue weighted by atomic mass is 10.00. The molecule has 1 aliphatic rings. The van der Waals surface area contributed by atoms with Crippen molar-refractivity contribution >= 4 is 30.5 Å². The predicted molar refractivity (Wildman–Crippen MR) is 90.8 cm³/mol. The zero-order valence-electron chi connectivity index (χ0n) is 11.2. The van der Waals surface area contributed by atoms with Crippen LogP contribution in [0, 0.1) is 0 Å². The number of nitrogens with one attached hydrogen (secondary N) is 1. The van der Waals surface area contributed by atoms with Crippen LogP contribution in [-0.2, 0) is 0 Å². The van der Waals surface area contributed by atoms with E-state index >= 15 is 0 Å². The van der Waals surface area contributed by atoms with E-state index in [1.165, 1.54) is 29.5 Å². The van der Waals surface area contributed by atoms with E-state index in [0.717, 1.165) is 12.2 Å². The van der Waals surface area contributed by atoms with Crippen molar-refractivity contribution in [1.29, 1.82) is 0 Å². The Hall–Kier alpha value is -1.22. The first-order valence-corrected chi connectivity index (χ1v) is 6.52. The van der Waals surface area contributed by atoms with E-state index in [4.69, 9.17) is 5.73 Å². The largest absolute Gasteiger partial charge is 0.399 e. The van der Waals surface area contributed by atoms with Crippen LogP contribution >= 0.6 is 24.8 Å². The summed E-state index contributed by atoms with van der Waals surface area (Å²) >= 11 is 0. The second-order valence-corrected chi connectivity index (χ2v) is 4.90. The van der Waals surface area contributed by atoms with Gasteiger partial charge in [-0.25, -0.2) is 0 Å². The molecule has 3 rings (SSSR count). The molecule has 2 aromatic rings. The molecule has 0 amide bonds. The highest BCUT2D eigenvalue weighted by molar-refractivity contribution is 5.85. The van der Waals surface area contributed by atoms with Gasteiger partial charge in [0.25, 0.3) is 0 Å². The first kappa shape index (κ1) is 16.8. The van der Waals surface area contributed by atoms with Gasteiger partial charge in [-0.3, -0.25) is 0 Å². The number of hydrogen-bond donors (Lipinski definition) is 2. The SMILES string of the molecule is Cl.Cl.Nc1cccc(-c2ccc(C3CCCN3)cc2)c1. The molecule has 0 saturated carbocycles. The number of anilines is 1. The fraction of sp³-hybridized carbons (Fsp3) is 0.250. The molecule has 2 nitrogen and oxygen atoms in total. The molecule has 20 heavy (non-hydrogen) atoms. The zero-order chi connectivity index (χ0) is 12.4. The maximum absolute atomic E-state index is 5.82. The van der Waals surface area contributed by atoms with Gasteiger partial charge in [0.1, 0.15) is 0 Å². The number of nitrogens with two attached hydrogens (primary N) is 1. The summed E-state index contributed by atoms with van der Waals surface area (Å²) in [6.07, 6.45) is 2.53. The molecule has 1 heterocycles. The molecule has 0 radical (unpaired) electrons. The molecule has 1 unspecified atom stereocenters. The average molecular weight is 311 g/mol. The van der Waals surface area contributed by atoms with Crippen LogP contribution in [-0.4, -0.2) is 6.54 Å². The summed E-state index contributed by atoms with van der Waals surface area (Å²) in [4.78, 5) is 0. The van der Waals surface area contributed by atoms with Gasteiger partial charge < -0.3 is 11.1 Å². The molecule has 0 aliphatic carbocycles. The Kier molecular flexibility index (Phi) is 6.34. The summed E-state index contributed by atoms with van der Waals surface area (Å²) in [6, 6.07) is 17.4. The monoisotopic (exact) mass is 310 g/mol. The van der Waals surface area contributed by atoms with E-state index in [-0.39, 0.29) is 24.8 Å². The predicted octanol–water partition coefficient (Wildman–Crippen LogP) is 4.20. The molecule has 3 N–H and O–H groups in total. The summed E-state index contributed by atoms with van der Waals surface area (Å²) in [5.74, 6) is 0. The van der Waals surface area contributed by atoms with Crippen LogP contribution in [0.25, 0.3) is 11.1 Å². The number of halogens is 2. The minimum atomic E-state index is 0. The third-order valence-corrected chi connectivity index (χ3v) is 3.59.